The van der Waals surface area contributed by atoms with Gasteiger partial charge in [-0.25, -0.2) is 0 Å². The monoisotopic (exact) mass is 269 g/mol. The first kappa shape index (κ1) is 13.4. The Morgan fingerprint density at radius 1 is 1.67 bits per heavy atom. The fourth-order valence-corrected chi connectivity index (χ4v) is 3.10. The second kappa shape index (κ2) is 5.71. The van der Waals surface area contributed by atoms with Gasteiger partial charge in [-0.2, -0.15) is 0 Å². The van der Waals surface area contributed by atoms with E-state index < -0.39 is 0 Å². The molecule has 1 aliphatic rings. The summed E-state index contributed by atoms with van der Waals surface area (Å²) in [5.41, 5.74) is 0. The number of hydrogen-bond donors (Lipinski definition) is 1. The lowest BCUT2D eigenvalue weighted by atomic mass is 9.93. The molecule has 0 bridgehead atoms. The first-order chi connectivity index (χ1) is 8.61. The molecule has 2 unspecified atom stereocenters. The lowest BCUT2D eigenvalue weighted by Gasteiger charge is -2.33. The quantitative estimate of drug-likeness (QED) is 0.913. The predicted molar refractivity (Wildman–Crippen MR) is 71.2 cm³/mol. The zero-order chi connectivity index (χ0) is 13.1. The predicted octanol–water partition coefficient (Wildman–Crippen LogP) is 1.99. The van der Waals surface area contributed by atoms with Crippen molar-refractivity contribution >= 4 is 17.2 Å². The van der Waals surface area contributed by atoms with Gasteiger partial charge in [0.25, 0.3) is 5.91 Å². The molecule has 1 fully saturated rings. The van der Waals surface area contributed by atoms with Crippen molar-refractivity contribution in [2.24, 2.45) is 5.92 Å². The van der Waals surface area contributed by atoms with E-state index in [0.717, 1.165) is 25.1 Å². The molecule has 0 aromatic carbocycles. The Bertz CT molecular complexity index is 416. The van der Waals surface area contributed by atoms with Crippen LogP contribution < -0.4 is 4.74 Å². The molecule has 2 rings (SSSR count). The van der Waals surface area contributed by atoms with E-state index in [1.165, 1.54) is 11.3 Å². The standard InChI is InChI=1S/C13H19NO3S/c1-9(15)10-4-3-5-14(7-10)13(16)12-6-11(17-2)8-18-12/h6,8-10,15H,3-5,7H2,1-2H3. The summed E-state index contributed by atoms with van der Waals surface area (Å²) < 4.78 is 5.09. The van der Waals surface area contributed by atoms with Crippen molar-refractivity contribution in [2.75, 3.05) is 20.2 Å². The molecule has 18 heavy (non-hydrogen) atoms. The summed E-state index contributed by atoms with van der Waals surface area (Å²) in [6, 6.07) is 1.78. The zero-order valence-corrected chi connectivity index (χ0v) is 11.6. The Labute approximate surface area is 111 Å². The molecule has 0 aliphatic carbocycles. The van der Waals surface area contributed by atoms with E-state index in [1.54, 1.807) is 20.1 Å². The summed E-state index contributed by atoms with van der Waals surface area (Å²) in [7, 11) is 1.60. The molecular weight excluding hydrogens is 250 g/mol. The Hall–Kier alpha value is -1.07. The highest BCUT2D eigenvalue weighted by atomic mass is 32.1. The van der Waals surface area contributed by atoms with Crippen LogP contribution >= 0.6 is 11.3 Å². The van der Waals surface area contributed by atoms with Gasteiger partial charge in [0.2, 0.25) is 0 Å². The van der Waals surface area contributed by atoms with Crippen LogP contribution in [0.4, 0.5) is 0 Å². The van der Waals surface area contributed by atoms with Gasteiger partial charge in [-0.1, -0.05) is 0 Å². The third kappa shape index (κ3) is 2.84. The minimum absolute atomic E-state index is 0.0497. The summed E-state index contributed by atoms with van der Waals surface area (Å²) >= 11 is 1.41. The lowest BCUT2D eigenvalue weighted by molar-refractivity contribution is 0.0469. The number of ether oxygens (including phenoxy) is 1. The average molecular weight is 269 g/mol. The van der Waals surface area contributed by atoms with Gasteiger partial charge in [-0.3, -0.25) is 4.79 Å². The number of rotatable bonds is 3. The first-order valence-electron chi connectivity index (χ1n) is 6.21. The summed E-state index contributed by atoms with van der Waals surface area (Å²) in [6.07, 6.45) is 1.61. The molecule has 1 N–H and O–H groups in total. The molecule has 4 nitrogen and oxygen atoms in total. The van der Waals surface area contributed by atoms with Crippen LogP contribution in [0.3, 0.4) is 0 Å². The van der Waals surface area contributed by atoms with E-state index in [4.69, 9.17) is 4.74 Å². The van der Waals surface area contributed by atoms with Crippen LogP contribution in [0.1, 0.15) is 29.4 Å². The largest absolute Gasteiger partial charge is 0.496 e. The maximum absolute atomic E-state index is 12.3. The van der Waals surface area contributed by atoms with Crippen LogP contribution in [0.5, 0.6) is 5.75 Å². The second-order valence-electron chi connectivity index (χ2n) is 4.74. The van der Waals surface area contributed by atoms with E-state index in [2.05, 4.69) is 0 Å². The minimum atomic E-state index is -0.349. The number of aliphatic hydroxyl groups excluding tert-OH is 1. The number of thiophene rings is 1. The fraction of sp³-hybridized carbons (Fsp3) is 0.615. The number of likely N-dealkylation sites (tertiary alicyclic amines) is 1. The highest BCUT2D eigenvalue weighted by Crippen LogP contribution is 2.26. The van der Waals surface area contributed by atoms with Gasteiger partial charge in [0.05, 0.1) is 18.1 Å². The van der Waals surface area contributed by atoms with E-state index in [0.29, 0.717) is 11.4 Å². The highest BCUT2D eigenvalue weighted by molar-refractivity contribution is 7.12. The first-order valence-corrected chi connectivity index (χ1v) is 7.09. The maximum Gasteiger partial charge on any atom is 0.264 e. The molecule has 0 saturated carbocycles. The Morgan fingerprint density at radius 3 is 3.06 bits per heavy atom. The number of aliphatic hydroxyl groups is 1. The van der Waals surface area contributed by atoms with Crippen molar-refractivity contribution in [3.8, 4) is 5.75 Å². The van der Waals surface area contributed by atoms with Crippen LogP contribution in [0.2, 0.25) is 0 Å². The van der Waals surface area contributed by atoms with Crippen molar-refractivity contribution in [1.82, 2.24) is 4.90 Å². The Kier molecular flexibility index (Phi) is 4.24. The lowest BCUT2D eigenvalue weighted by Crippen LogP contribution is -2.42. The number of methoxy groups -OCH3 is 1. The van der Waals surface area contributed by atoms with E-state index >= 15 is 0 Å². The van der Waals surface area contributed by atoms with Crippen molar-refractivity contribution in [1.29, 1.82) is 0 Å². The third-order valence-corrected chi connectivity index (χ3v) is 4.35. The van der Waals surface area contributed by atoms with E-state index in [9.17, 15) is 9.90 Å². The molecule has 0 radical (unpaired) electrons. The molecule has 1 aromatic heterocycles. The summed E-state index contributed by atoms with van der Waals surface area (Å²) in [6.45, 7) is 3.23. The molecule has 100 valence electrons. The molecular formula is C13H19NO3S. The molecule has 2 atom stereocenters. The maximum atomic E-state index is 12.3. The van der Waals surface area contributed by atoms with Gasteiger partial charge in [0, 0.05) is 30.5 Å². The molecule has 1 saturated heterocycles. The number of amides is 1. The van der Waals surface area contributed by atoms with Gasteiger partial charge in [-0.05, 0) is 19.8 Å². The fourth-order valence-electron chi connectivity index (χ4n) is 2.28. The topological polar surface area (TPSA) is 49.8 Å². The van der Waals surface area contributed by atoms with Gasteiger partial charge in [0.1, 0.15) is 5.75 Å². The Balaban J connectivity index is 2.04. The number of carbonyl (C=O) groups is 1. The summed E-state index contributed by atoms with van der Waals surface area (Å²) in [4.78, 5) is 14.8. The van der Waals surface area contributed by atoms with Crippen molar-refractivity contribution < 1.29 is 14.6 Å². The minimum Gasteiger partial charge on any atom is -0.496 e. The van der Waals surface area contributed by atoms with E-state index in [-0.39, 0.29) is 17.9 Å². The average Bonchev–Trinajstić information content (AvgIpc) is 2.86. The number of piperidine rings is 1. The van der Waals surface area contributed by atoms with Crippen LogP contribution in [0, 0.1) is 5.92 Å². The van der Waals surface area contributed by atoms with Gasteiger partial charge in [-0.15, -0.1) is 11.3 Å². The van der Waals surface area contributed by atoms with Gasteiger partial charge in [0.15, 0.2) is 0 Å². The molecule has 1 aromatic rings. The smallest absolute Gasteiger partial charge is 0.264 e. The summed E-state index contributed by atoms with van der Waals surface area (Å²) in [5.74, 6) is 0.977. The molecule has 1 amide bonds. The van der Waals surface area contributed by atoms with Crippen LogP contribution in [-0.4, -0.2) is 42.2 Å². The SMILES string of the molecule is COc1csc(C(=O)N2CCCC(C(C)O)C2)c1. The normalized spacial score (nSPS) is 21.7. The number of carbonyl (C=O) groups excluding carboxylic acids is 1. The number of hydrogen-bond acceptors (Lipinski definition) is 4. The highest BCUT2D eigenvalue weighted by Gasteiger charge is 2.27. The van der Waals surface area contributed by atoms with E-state index in [1.807, 2.05) is 10.3 Å². The van der Waals surface area contributed by atoms with Crippen molar-refractivity contribution in [3.05, 3.63) is 16.3 Å². The molecule has 2 heterocycles. The van der Waals surface area contributed by atoms with Gasteiger partial charge < -0.3 is 14.7 Å². The number of nitrogens with zero attached hydrogens (tertiary/aromatic N) is 1. The van der Waals surface area contributed by atoms with Crippen molar-refractivity contribution in [3.63, 3.8) is 0 Å². The van der Waals surface area contributed by atoms with Crippen LogP contribution in [0.15, 0.2) is 11.4 Å². The van der Waals surface area contributed by atoms with Crippen LogP contribution in [-0.2, 0) is 0 Å². The summed E-state index contributed by atoms with van der Waals surface area (Å²) in [5, 5.41) is 11.5. The Morgan fingerprint density at radius 2 is 2.44 bits per heavy atom. The van der Waals surface area contributed by atoms with Crippen LogP contribution in [0.25, 0.3) is 0 Å². The molecule has 5 heteroatoms. The molecule has 1 aliphatic heterocycles. The van der Waals surface area contributed by atoms with Crippen molar-refractivity contribution in [2.45, 2.75) is 25.9 Å². The third-order valence-electron chi connectivity index (χ3n) is 3.45. The van der Waals surface area contributed by atoms with Gasteiger partial charge >= 0.3 is 0 Å². The zero-order valence-electron chi connectivity index (χ0n) is 10.8. The second-order valence-corrected chi connectivity index (χ2v) is 5.66. The molecule has 0 spiro atoms.